The van der Waals surface area contributed by atoms with Gasteiger partial charge in [0.05, 0.1) is 42.3 Å². The van der Waals surface area contributed by atoms with E-state index in [-0.39, 0.29) is 23.5 Å². The molecule has 2 heterocycles. The first-order valence-electron chi connectivity index (χ1n) is 10.2. The molecule has 2 aliphatic heterocycles. The molecule has 11 heteroatoms. The van der Waals surface area contributed by atoms with Crippen LogP contribution in [0.1, 0.15) is 5.56 Å². The van der Waals surface area contributed by atoms with E-state index in [0.29, 0.717) is 39.6 Å². The number of halogens is 1. The van der Waals surface area contributed by atoms with Crippen LogP contribution in [0.4, 0.5) is 11.4 Å². The van der Waals surface area contributed by atoms with Crippen LogP contribution in [0.25, 0.3) is 0 Å². The fraction of sp³-hybridized carbons (Fsp3) is 0.318. The van der Waals surface area contributed by atoms with Crippen LogP contribution in [-0.2, 0) is 9.59 Å². The molecule has 1 fully saturated rings. The molecule has 3 N–H and O–H groups in total. The standard InChI is InChI=1S/C22H24ClN5O4S/c1-12-4-6-18(32-3)16(8-12)25-19(29)11-33-22-26-20-14(10-24-27-20)21(30)28(22)13-5-7-17(31-2)15(23)9-13/h4-9,14,20,24,27H,10-11H2,1-3H3,(H,25,29). The largest absolute Gasteiger partial charge is 0.495 e. The zero-order valence-corrected chi connectivity index (χ0v) is 19.9. The number of nitrogens with zero attached hydrogens (tertiary/aromatic N) is 2. The highest BCUT2D eigenvalue weighted by Crippen LogP contribution is 2.34. The van der Waals surface area contributed by atoms with Gasteiger partial charge in [-0.25, -0.2) is 10.4 Å². The Morgan fingerprint density at radius 1 is 1.24 bits per heavy atom. The molecule has 2 atom stereocenters. The summed E-state index contributed by atoms with van der Waals surface area (Å²) in [4.78, 5) is 32.2. The van der Waals surface area contributed by atoms with Gasteiger partial charge in [0.15, 0.2) is 5.17 Å². The second-order valence-electron chi connectivity index (χ2n) is 7.52. The second-order valence-corrected chi connectivity index (χ2v) is 8.87. The van der Waals surface area contributed by atoms with Crippen molar-refractivity contribution in [1.82, 2.24) is 10.9 Å². The molecule has 2 aromatic carbocycles. The third kappa shape index (κ3) is 4.93. The number of fused-ring (bicyclic) bond motifs is 1. The predicted molar refractivity (Wildman–Crippen MR) is 130 cm³/mol. The Morgan fingerprint density at radius 3 is 2.73 bits per heavy atom. The van der Waals surface area contributed by atoms with E-state index in [2.05, 4.69) is 21.2 Å². The van der Waals surface area contributed by atoms with Crippen molar-refractivity contribution in [2.45, 2.75) is 13.1 Å². The highest BCUT2D eigenvalue weighted by Gasteiger charge is 2.42. The molecule has 0 radical (unpaired) electrons. The molecular weight excluding hydrogens is 466 g/mol. The Balaban J connectivity index is 1.55. The molecule has 2 aromatic rings. The topological polar surface area (TPSA) is 104 Å². The summed E-state index contributed by atoms with van der Waals surface area (Å²) in [6.07, 6.45) is -0.398. The van der Waals surface area contributed by atoms with Gasteiger partial charge in [-0.1, -0.05) is 29.4 Å². The lowest BCUT2D eigenvalue weighted by Gasteiger charge is -2.32. The van der Waals surface area contributed by atoms with Crippen LogP contribution in [0.3, 0.4) is 0 Å². The minimum absolute atomic E-state index is 0.0500. The summed E-state index contributed by atoms with van der Waals surface area (Å²) in [7, 11) is 3.08. The number of methoxy groups -OCH3 is 2. The third-order valence-electron chi connectivity index (χ3n) is 5.29. The van der Waals surface area contributed by atoms with Gasteiger partial charge in [-0.15, -0.1) is 0 Å². The van der Waals surface area contributed by atoms with Gasteiger partial charge in [-0.05, 0) is 42.8 Å². The molecular formula is C22H24ClN5O4S. The van der Waals surface area contributed by atoms with Gasteiger partial charge in [-0.3, -0.25) is 19.9 Å². The number of rotatable bonds is 6. The number of aryl methyl sites for hydroxylation is 1. The zero-order valence-electron chi connectivity index (χ0n) is 18.3. The highest BCUT2D eigenvalue weighted by molar-refractivity contribution is 8.14. The lowest BCUT2D eigenvalue weighted by molar-refractivity contribution is -0.121. The summed E-state index contributed by atoms with van der Waals surface area (Å²) in [6, 6.07) is 10.6. The normalized spacial score (nSPS) is 19.7. The molecule has 4 rings (SSSR count). The van der Waals surface area contributed by atoms with Crippen LogP contribution in [0.5, 0.6) is 11.5 Å². The Hall–Kier alpha value is -2.79. The minimum atomic E-state index is -0.398. The lowest BCUT2D eigenvalue weighted by atomic mass is 10.0. The van der Waals surface area contributed by atoms with Crippen LogP contribution < -0.4 is 30.5 Å². The van der Waals surface area contributed by atoms with Gasteiger partial charge >= 0.3 is 0 Å². The molecule has 33 heavy (non-hydrogen) atoms. The Kier molecular flexibility index (Phi) is 7.08. The predicted octanol–water partition coefficient (Wildman–Crippen LogP) is 2.79. The Bertz CT molecular complexity index is 1110. The molecule has 0 bridgehead atoms. The molecule has 2 unspecified atom stereocenters. The maximum atomic E-state index is 13.3. The molecule has 1 saturated heterocycles. The van der Waals surface area contributed by atoms with Gasteiger partial charge < -0.3 is 14.8 Å². The number of benzene rings is 2. The van der Waals surface area contributed by atoms with Crippen LogP contribution in [0.15, 0.2) is 41.4 Å². The summed E-state index contributed by atoms with van der Waals surface area (Å²) in [5, 5.41) is 3.65. The molecule has 2 amide bonds. The van der Waals surface area contributed by atoms with E-state index < -0.39 is 6.17 Å². The van der Waals surface area contributed by atoms with Crippen molar-refractivity contribution in [3.63, 3.8) is 0 Å². The van der Waals surface area contributed by atoms with E-state index >= 15 is 0 Å². The summed E-state index contributed by atoms with van der Waals surface area (Å²) in [5.74, 6) is 0.394. The SMILES string of the molecule is COc1ccc(N2C(=O)C3CNNC3N=C2SCC(=O)Nc2cc(C)ccc2OC)cc1Cl. The molecule has 0 saturated carbocycles. The fourth-order valence-electron chi connectivity index (χ4n) is 3.64. The number of aliphatic imine (C=N–C) groups is 1. The van der Waals surface area contributed by atoms with Crippen molar-refractivity contribution in [3.8, 4) is 11.5 Å². The number of hydrogen-bond donors (Lipinski definition) is 3. The number of thioether (sulfide) groups is 1. The van der Waals surface area contributed by atoms with E-state index in [0.717, 1.165) is 5.56 Å². The first-order chi connectivity index (χ1) is 15.9. The third-order valence-corrected chi connectivity index (χ3v) is 6.53. The van der Waals surface area contributed by atoms with Gasteiger partial charge in [-0.2, -0.15) is 0 Å². The summed E-state index contributed by atoms with van der Waals surface area (Å²) < 4.78 is 10.5. The Labute approximate surface area is 200 Å². The second kappa shape index (κ2) is 10.0. The number of anilines is 2. The van der Waals surface area contributed by atoms with E-state index in [1.54, 1.807) is 31.4 Å². The molecule has 0 aromatic heterocycles. The molecule has 0 spiro atoms. The summed E-state index contributed by atoms with van der Waals surface area (Å²) in [6.45, 7) is 2.39. The van der Waals surface area contributed by atoms with Gasteiger partial charge in [0.25, 0.3) is 0 Å². The van der Waals surface area contributed by atoms with E-state index in [4.69, 9.17) is 21.1 Å². The quantitative estimate of drug-likeness (QED) is 0.573. The molecule has 9 nitrogen and oxygen atoms in total. The van der Waals surface area contributed by atoms with E-state index in [1.807, 2.05) is 19.1 Å². The minimum Gasteiger partial charge on any atom is -0.495 e. The van der Waals surface area contributed by atoms with E-state index in [1.165, 1.54) is 23.8 Å². The summed E-state index contributed by atoms with van der Waals surface area (Å²) in [5.41, 5.74) is 8.13. The average molecular weight is 490 g/mol. The van der Waals surface area contributed by atoms with Gasteiger partial charge in [0.2, 0.25) is 11.8 Å². The zero-order chi connectivity index (χ0) is 23.5. The average Bonchev–Trinajstić information content (AvgIpc) is 3.27. The number of amides is 2. The van der Waals surface area contributed by atoms with Crippen molar-refractivity contribution in [2.24, 2.45) is 10.9 Å². The van der Waals surface area contributed by atoms with Crippen LogP contribution in [0.2, 0.25) is 5.02 Å². The lowest BCUT2D eigenvalue weighted by Crippen LogP contribution is -2.49. The first kappa shape index (κ1) is 23.4. The van der Waals surface area contributed by atoms with E-state index in [9.17, 15) is 9.59 Å². The number of hydrazine groups is 1. The number of nitrogens with one attached hydrogen (secondary N) is 3. The molecule has 0 aliphatic carbocycles. The molecule has 174 valence electrons. The number of ether oxygens (including phenoxy) is 2. The fourth-order valence-corrected chi connectivity index (χ4v) is 4.73. The summed E-state index contributed by atoms with van der Waals surface area (Å²) >= 11 is 7.48. The number of carbonyl (C=O) groups is 2. The number of amidine groups is 1. The highest BCUT2D eigenvalue weighted by atomic mass is 35.5. The Morgan fingerprint density at radius 2 is 2.00 bits per heavy atom. The van der Waals surface area contributed by atoms with Crippen LogP contribution >= 0.6 is 23.4 Å². The number of hydrogen-bond acceptors (Lipinski definition) is 8. The van der Waals surface area contributed by atoms with Gasteiger partial charge in [0.1, 0.15) is 17.7 Å². The van der Waals surface area contributed by atoms with Gasteiger partial charge in [0, 0.05) is 6.54 Å². The van der Waals surface area contributed by atoms with Crippen molar-refractivity contribution >= 4 is 51.7 Å². The maximum Gasteiger partial charge on any atom is 0.241 e. The van der Waals surface area contributed by atoms with Crippen LogP contribution in [0, 0.1) is 12.8 Å². The molecule has 2 aliphatic rings. The van der Waals surface area contributed by atoms with Crippen molar-refractivity contribution < 1.29 is 19.1 Å². The van der Waals surface area contributed by atoms with Crippen molar-refractivity contribution in [3.05, 3.63) is 47.0 Å². The monoisotopic (exact) mass is 489 g/mol. The number of carbonyl (C=O) groups excluding carboxylic acids is 2. The smallest absolute Gasteiger partial charge is 0.241 e. The van der Waals surface area contributed by atoms with Crippen molar-refractivity contribution in [2.75, 3.05) is 36.7 Å². The van der Waals surface area contributed by atoms with Crippen molar-refractivity contribution in [1.29, 1.82) is 0 Å². The van der Waals surface area contributed by atoms with Crippen LogP contribution in [-0.4, -0.2) is 49.7 Å². The maximum absolute atomic E-state index is 13.3. The first-order valence-corrected chi connectivity index (χ1v) is 11.6.